The van der Waals surface area contributed by atoms with Gasteiger partial charge in [0.2, 0.25) is 0 Å². The zero-order chi connectivity index (χ0) is 19.1. The molecule has 8 heteroatoms. The summed E-state index contributed by atoms with van der Waals surface area (Å²) in [5, 5.41) is 1.58. The van der Waals surface area contributed by atoms with Crippen molar-refractivity contribution in [3.05, 3.63) is 68.9 Å². The topological polar surface area (TPSA) is 78.9 Å². The van der Waals surface area contributed by atoms with Crippen molar-refractivity contribution < 1.29 is 9.59 Å². The first-order valence-electron chi connectivity index (χ1n) is 8.06. The van der Waals surface area contributed by atoms with Gasteiger partial charge in [0, 0.05) is 50.2 Å². The van der Waals surface area contributed by atoms with Crippen LogP contribution in [0.4, 0.5) is 0 Å². The zero-order valence-electron chi connectivity index (χ0n) is 14.1. The Kier molecular flexibility index (Phi) is 4.53. The summed E-state index contributed by atoms with van der Waals surface area (Å²) in [7, 11) is 1.87. The summed E-state index contributed by atoms with van der Waals surface area (Å²) in [6.07, 6.45) is 3.36. The molecule has 0 aliphatic heterocycles. The highest BCUT2D eigenvalue weighted by Gasteiger charge is 2.17. The van der Waals surface area contributed by atoms with E-state index in [1.54, 1.807) is 12.4 Å². The van der Waals surface area contributed by atoms with Crippen LogP contribution in [0.15, 0.2) is 57.7 Å². The van der Waals surface area contributed by atoms with Gasteiger partial charge >= 0.3 is 0 Å². The van der Waals surface area contributed by atoms with E-state index in [2.05, 4.69) is 47.7 Å². The molecule has 0 atom stereocenters. The van der Waals surface area contributed by atoms with Crippen LogP contribution in [0.1, 0.15) is 20.7 Å². The van der Waals surface area contributed by atoms with Gasteiger partial charge in [-0.3, -0.25) is 20.4 Å². The second-order valence-corrected chi connectivity index (χ2v) is 7.80. The monoisotopic (exact) mass is 488 g/mol. The third-order valence-electron chi connectivity index (χ3n) is 4.40. The maximum absolute atomic E-state index is 12.5. The average molecular weight is 490 g/mol. The second kappa shape index (κ2) is 6.86. The summed E-state index contributed by atoms with van der Waals surface area (Å²) in [4.78, 5) is 28.1. The molecule has 0 aliphatic carbocycles. The summed E-state index contributed by atoms with van der Waals surface area (Å²) >= 11 is 6.87. The Morgan fingerprint density at radius 1 is 0.963 bits per heavy atom. The van der Waals surface area contributed by atoms with Crippen molar-refractivity contribution in [1.29, 1.82) is 0 Å². The van der Waals surface area contributed by atoms with Gasteiger partial charge in [0.15, 0.2) is 0 Å². The van der Waals surface area contributed by atoms with Gasteiger partial charge in [-0.1, -0.05) is 18.2 Å². The Balaban J connectivity index is 1.55. The number of nitrogens with zero attached hydrogens (tertiary/aromatic N) is 1. The van der Waals surface area contributed by atoms with E-state index in [0.717, 1.165) is 30.8 Å². The van der Waals surface area contributed by atoms with Crippen molar-refractivity contribution in [3.8, 4) is 0 Å². The van der Waals surface area contributed by atoms with E-state index in [-0.39, 0.29) is 5.91 Å². The Morgan fingerprint density at radius 2 is 1.63 bits per heavy atom. The summed E-state index contributed by atoms with van der Waals surface area (Å²) in [5.41, 5.74) is 7.69. The number of aryl methyl sites for hydroxylation is 1. The molecule has 0 fully saturated rings. The Bertz CT molecular complexity index is 1210. The molecule has 2 amide bonds. The predicted molar refractivity (Wildman–Crippen MR) is 112 cm³/mol. The van der Waals surface area contributed by atoms with E-state index in [9.17, 15) is 9.59 Å². The van der Waals surface area contributed by atoms with Crippen LogP contribution >= 0.6 is 31.9 Å². The van der Waals surface area contributed by atoms with E-state index in [0.29, 0.717) is 11.1 Å². The number of benzene rings is 2. The predicted octanol–water partition coefficient (Wildman–Crippen LogP) is 4.26. The highest BCUT2D eigenvalue weighted by molar-refractivity contribution is 9.13. The molecule has 6 nitrogen and oxygen atoms in total. The van der Waals surface area contributed by atoms with E-state index >= 15 is 0 Å². The molecule has 0 aliphatic rings. The number of carbonyl (C=O) groups is 2. The molecule has 4 rings (SSSR count). The van der Waals surface area contributed by atoms with Crippen LogP contribution in [-0.4, -0.2) is 21.4 Å². The lowest BCUT2D eigenvalue weighted by Gasteiger charge is -2.06. The highest BCUT2D eigenvalue weighted by atomic mass is 79.9. The third-order valence-corrected chi connectivity index (χ3v) is 6.24. The van der Waals surface area contributed by atoms with Crippen molar-refractivity contribution in [2.24, 2.45) is 7.05 Å². The lowest BCUT2D eigenvalue weighted by Crippen LogP contribution is -2.41. The van der Waals surface area contributed by atoms with Crippen LogP contribution in [0.2, 0.25) is 0 Å². The zero-order valence-corrected chi connectivity index (χ0v) is 17.3. The standard InChI is InChI=1S/C19H14Br2N4O2/c1-25-9-13(10-4-2-3-5-17(10)25)19(27)24-23-18(26)12-8-22-16-7-15(21)14(20)6-11(12)16/h2-9,22H,1H3,(H,23,26)(H,24,27). The number of hydrogen-bond acceptors (Lipinski definition) is 2. The van der Waals surface area contributed by atoms with Crippen LogP contribution in [0.3, 0.4) is 0 Å². The number of aromatic amines is 1. The summed E-state index contributed by atoms with van der Waals surface area (Å²) in [6, 6.07) is 11.3. The first-order chi connectivity index (χ1) is 13.0. The molecule has 2 aromatic carbocycles. The van der Waals surface area contributed by atoms with Crippen molar-refractivity contribution in [2.75, 3.05) is 0 Å². The molecule has 0 spiro atoms. The third kappa shape index (κ3) is 3.15. The molecule has 136 valence electrons. The first kappa shape index (κ1) is 17.8. The number of para-hydroxylation sites is 1. The molecule has 0 unspecified atom stereocenters. The Labute approximate surface area is 171 Å². The van der Waals surface area contributed by atoms with Crippen LogP contribution < -0.4 is 10.9 Å². The molecular formula is C19H14Br2N4O2. The number of amides is 2. The van der Waals surface area contributed by atoms with Gasteiger partial charge < -0.3 is 9.55 Å². The molecular weight excluding hydrogens is 476 g/mol. The SMILES string of the molecule is Cn1cc(C(=O)NNC(=O)c2c[nH]c3cc(Br)c(Br)cc23)c2ccccc21. The molecule has 0 saturated carbocycles. The molecule has 27 heavy (non-hydrogen) atoms. The minimum Gasteiger partial charge on any atom is -0.360 e. The van der Waals surface area contributed by atoms with Crippen LogP contribution in [0.25, 0.3) is 21.8 Å². The van der Waals surface area contributed by atoms with E-state index < -0.39 is 5.91 Å². The van der Waals surface area contributed by atoms with Crippen LogP contribution in [0.5, 0.6) is 0 Å². The molecule has 0 bridgehead atoms. The lowest BCUT2D eigenvalue weighted by atomic mass is 10.1. The number of rotatable bonds is 2. The molecule has 0 saturated heterocycles. The molecule has 3 N–H and O–H groups in total. The maximum atomic E-state index is 12.5. The largest absolute Gasteiger partial charge is 0.360 e. The van der Waals surface area contributed by atoms with Crippen molar-refractivity contribution in [1.82, 2.24) is 20.4 Å². The summed E-state index contributed by atoms with van der Waals surface area (Å²) in [5.74, 6) is -0.770. The van der Waals surface area contributed by atoms with Crippen LogP contribution in [-0.2, 0) is 7.05 Å². The Morgan fingerprint density at radius 3 is 2.41 bits per heavy atom. The summed E-state index contributed by atoms with van der Waals surface area (Å²) in [6.45, 7) is 0. The molecule has 4 aromatic rings. The van der Waals surface area contributed by atoms with Crippen molar-refractivity contribution >= 4 is 65.5 Å². The number of carbonyl (C=O) groups excluding carboxylic acids is 2. The first-order valence-corrected chi connectivity index (χ1v) is 9.65. The number of hydrazine groups is 1. The van der Waals surface area contributed by atoms with Gasteiger partial charge in [0.05, 0.1) is 11.1 Å². The van der Waals surface area contributed by atoms with E-state index in [1.807, 2.05) is 48.0 Å². The molecule has 2 heterocycles. The quantitative estimate of drug-likeness (QED) is 0.368. The van der Waals surface area contributed by atoms with Gasteiger partial charge in [-0.2, -0.15) is 0 Å². The fourth-order valence-electron chi connectivity index (χ4n) is 3.08. The number of hydrogen-bond donors (Lipinski definition) is 3. The highest BCUT2D eigenvalue weighted by Crippen LogP contribution is 2.30. The molecule has 2 aromatic heterocycles. The van der Waals surface area contributed by atoms with Gasteiger partial charge in [-0.15, -0.1) is 0 Å². The minimum atomic E-state index is -0.399. The number of aromatic nitrogens is 2. The average Bonchev–Trinajstić information content (AvgIpc) is 3.21. The Hall–Kier alpha value is -2.58. The second-order valence-electron chi connectivity index (χ2n) is 6.09. The maximum Gasteiger partial charge on any atom is 0.271 e. The normalized spacial score (nSPS) is 11.1. The number of H-pyrrole nitrogens is 1. The smallest absolute Gasteiger partial charge is 0.271 e. The van der Waals surface area contributed by atoms with Crippen molar-refractivity contribution in [2.45, 2.75) is 0 Å². The van der Waals surface area contributed by atoms with Crippen molar-refractivity contribution in [3.63, 3.8) is 0 Å². The fraction of sp³-hybridized carbons (Fsp3) is 0.0526. The van der Waals surface area contributed by atoms with Gasteiger partial charge in [-0.05, 0) is 50.1 Å². The number of nitrogens with one attached hydrogen (secondary N) is 3. The van der Waals surface area contributed by atoms with Gasteiger partial charge in [-0.25, -0.2) is 0 Å². The van der Waals surface area contributed by atoms with Gasteiger partial charge in [0.1, 0.15) is 0 Å². The van der Waals surface area contributed by atoms with E-state index in [4.69, 9.17) is 0 Å². The molecule has 0 radical (unpaired) electrons. The summed E-state index contributed by atoms with van der Waals surface area (Å²) < 4.78 is 3.60. The van der Waals surface area contributed by atoms with Gasteiger partial charge in [0.25, 0.3) is 11.8 Å². The number of halogens is 2. The van der Waals surface area contributed by atoms with Crippen LogP contribution in [0, 0.1) is 0 Å². The lowest BCUT2D eigenvalue weighted by molar-refractivity contribution is 0.0848. The van der Waals surface area contributed by atoms with E-state index in [1.165, 1.54) is 0 Å². The fourth-order valence-corrected chi connectivity index (χ4v) is 3.76. The number of fused-ring (bicyclic) bond motifs is 2. The minimum absolute atomic E-state index is 0.371.